The predicted molar refractivity (Wildman–Crippen MR) is 105 cm³/mol. The van der Waals surface area contributed by atoms with Gasteiger partial charge in [0, 0.05) is 12.6 Å². The van der Waals surface area contributed by atoms with Crippen molar-refractivity contribution in [3.8, 4) is 22.9 Å². The first-order valence-corrected chi connectivity index (χ1v) is 10.3. The molecule has 9 nitrogen and oxygen atoms in total. The Labute approximate surface area is 172 Å². The van der Waals surface area contributed by atoms with Crippen LogP contribution in [0.15, 0.2) is 35.1 Å². The average molecular weight is 456 g/mol. The molecule has 0 aliphatic heterocycles. The van der Waals surface area contributed by atoms with Crippen LogP contribution >= 0.6 is 0 Å². The van der Waals surface area contributed by atoms with Crippen molar-refractivity contribution in [2.45, 2.75) is 19.0 Å². The summed E-state index contributed by atoms with van der Waals surface area (Å²) in [6, 6.07) is 6.85. The average Bonchev–Trinajstić information content (AvgIpc) is 3.23. The fourth-order valence-corrected chi connectivity index (χ4v) is 3.65. The first-order chi connectivity index (χ1) is 14.5. The van der Waals surface area contributed by atoms with Crippen molar-refractivity contribution < 1.29 is 30.5 Å². The molecule has 4 aromatic rings. The van der Waals surface area contributed by atoms with Crippen LogP contribution in [0.4, 0.5) is 13.2 Å². The summed E-state index contributed by atoms with van der Waals surface area (Å²) < 4.78 is 71.0. The van der Waals surface area contributed by atoms with Gasteiger partial charge in [-0.15, -0.1) is 0 Å². The molecule has 2 aromatic carbocycles. The number of aryl methyl sites for hydroxylation is 1. The third kappa shape index (κ3) is 3.50. The van der Waals surface area contributed by atoms with Crippen molar-refractivity contribution in [3.63, 3.8) is 0 Å². The van der Waals surface area contributed by atoms with E-state index in [-0.39, 0.29) is 11.4 Å². The van der Waals surface area contributed by atoms with Gasteiger partial charge in [0.15, 0.2) is 0 Å². The highest BCUT2D eigenvalue weighted by Crippen LogP contribution is 2.35. The van der Waals surface area contributed by atoms with E-state index in [0.717, 1.165) is 12.1 Å². The number of nitrogens with one attached hydrogen (secondary N) is 2. The molecule has 31 heavy (non-hydrogen) atoms. The van der Waals surface area contributed by atoms with Crippen molar-refractivity contribution in [2.24, 2.45) is 0 Å². The molecule has 0 unspecified atom stereocenters. The first kappa shape index (κ1) is 20.8. The standard InChI is InChI=1S/C18H15F3N4O5S/c1-3-25-14-8-12-11(7-13(14)24-17(25)26)22-16(23-12)10-5-4-9(6-15(10)29-2)30-31(27,28)18(19,20)21/h4-8H,3H2,1-2H3,(H,22,23)(H,24,26). The number of benzene rings is 2. The Morgan fingerprint density at radius 2 is 1.87 bits per heavy atom. The molecule has 0 amide bonds. The molecule has 4 rings (SSSR count). The monoisotopic (exact) mass is 456 g/mol. The van der Waals surface area contributed by atoms with Gasteiger partial charge >= 0.3 is 21.3 Å². The van der Waals surface area contributed by atoms with E-state index < -0.39 is 21.4 Å². The highest BCUT2D eigenvalue weighted by Gasteiger charge is 2.48. The summed E-state index contributed by atoms with van der Waals surface area (Å²) in [7, 11) is -4.54. The van der Waals surface area contributed by atoms with E-state index in [1.165, 1.54) is 13.2 Å². The van der Waals surface area contributed by atoms with E-state index in [1.807, 2.05) is 6.92 Å². The third-order valence-electron chi connectivity index (χ3n) is 4.61. The number of H-pyrrole nitrogens is 2. The third-order valence-corrected chi connectivity index (χ3v) is 5.59. The van der Waals surface area contributed by atoms with E-state index in [4.69, 9.17) is 4.74 Å². The van der Waals surface area contributed by atoms with Crippen LogP contribution in [-0.2, 0) is 16.7 Å². The van der Waals surface area contributed by atoms with Gasteiger partial charge < -0.3 is 18.9 Å². The number of fused-ring (bicyclic) bond motifs is 2. The first-order valence-electron chi connectivity index (χ1n) is 8.85. The summed E-state index contributed by atoms with van der Waals surface area (Å²) in [6.07, 6.45) is 0. The minimum atomic E-state index is -5.81. The molecule has 0 bridgehead atoms. The highest BCUT2D eigenvalue weighted by atomic mass is 32.2. The van der Waals surface area contributed by atoms with Crippen LogP contribution in [0.3, 0.4) is 0 Å². The molecule has 0 aliphatic carbocycles. The van der Waals surface area contributed by atoms with Gasteiger partial charge in [0.2, 0.25) is 0 Å². The Morgan fingerprint density at radius 1 is 1.13 bits per heavy atom. The molecule has 0 fully saturated rings. The summed E-state index contributed by atoms with van der Waals surface area (Å²) >= 11 is 0. The maximum Gasteiger partial charge on any atom is 0.534 e. The van der Waals surface area contributed by atoms with Crippen molar-refractivity contribution in [1.29, 1.82) is 0 Å². The fraction of sp³-hybridized carbons (Fsp3) is 0.222. The van der Waals surface area contributed by atoms with E-state index in [9.17, 15) is 26.4 Å². The zero-order valence-electron chi connectivity index (χ0n) is 16.1. The van der Waals surface area contributed by atoms with Crippen LogP contribution in [-0.4, -0.2) is 40.6 Å². The summed E-state index contributed by atoms with van der Waals surface area (Å²) in [4.78, 5) is 22.2. The molecular formula is C18H15F3N4O5S. The Bertz CT molecular complexity index is 1470. The van der Waals surface area contributed by atoms with Crippen molar-refractivity contribution in [2.75, 3.05) is 7.11 Å². The molecule has 0 saturated heterocycles. The summed E-state index contributed by atoms with van der Waals surface area (Å²) in [6.45, 7) is 2.31. The van der Waals surface area contributed by atoms with Crippen LogP contribution in [0.25, 0.3) is 33.5 Å². The van der Waals surface area contributed by atoms with Gasteiger partial charge in [-0.1, -0.05) is 0 Å². The lowest BCUT2D eigenvalue weighted by Crippen LogP contribution is -2.28. The summed E-state index contributed by atoms with van der Waals surface area (Å²) in [5, 5.41) is 0. The number of hydrogen-bond donors (Lipinski definition) is 2. The van der Waals surface area contributed by atoms with Crippen LogP contribution in [0, 0.1) is 0 Å². The number of nitrogens with zero attached hydrogens (tertiary/aromatic N) is 2. The number of ether oxygens (including phenoxy) is 1. The highest BCUT2D eigenvalue weighted by molar-refractivity contribution is 7.88. The number of alkyl halides is 3. The Kier molecular flexibility index (Phi) is 4.72. The van der Waals surface area contributed by atoms with Crippen molar-refractivity contribution in [1.82, 2.24) is 19.5 Å². The number of imidazole rings is 2. The second kappa shape index (κ2) is 7.04. The quantitative estimate of drug-likeness (QED) is 0.352. The van der Waals surface area contributed by atoms with E-state index >= 15 is 0 Å². The number of aromatic nitrogens is 4. The van der Waals surface area contributed by atoms with E-state index in [1.54, 1.807) is 16.7 Å². The largest absolute Gasteiger partial charge is 0.534 e. The number of aromatic amines is 2. The smallest absolute Gasteiger partial charge is 0.496 e. The zero-order chi connectivity index (χ0) is 22.6. The fourth-order valence-electron chi connectivity index (χ4n) is 3.20. The SMILES string of the molecule is CCn1c(=O)[nH]c2cc3[nH]c(-c4ccc(OS(=O)(=O)C(F)(F)F)cc4OC)nc3cc21. The lowest BCUT2D eigenvalue weighted by atomic mass is 10.2. The Balaban J connectivity index is 1.77. The predicted octanol–water partition coefficient (Wildman–Crippen LogP) is 3.13. The lowest BCUT2D eigenvalue weighted by Gasteiger charge is -2.12. The van der Waals surface area contributed by atoms with Gasteiger partial charge in [0.05, 0.1) is 34.7 Å². The minimum absolute atomic E-state index is 0.0463. The Hall–Kier alpha value is -3.48. The molecule has 0 atom stereocenters. The van der Waals surface area contributed by atoms with Crippen molar-refractivity contribution >= 4 is 32.2 Å². The van der Waals surface area contributed by atoms with Crippen LogP contribution in [0.2, 0.25) is 0 Å². The molecule has 164 valence electrons. The molecule has 2 N–H and O–H groups in total. The van der Waals surface area contributed by atoms with Gasteiger partial charge in [0.1, 0.15) is 17.3 Å². The zero-order valence-corrected chi connectivity index (χ0v) is 16.9. The minimum Gasteiger partial charge on any atom is -0.496 e. The van der Waals surface area contributed by atoms with Gasteiger partial charge in [-0.05, 0) is 31.2 Å². The maximum atomic E-state index is 12.6. The molecule has 2 aromatic heterocycles. The molecule has 0 aliphatic rings. The normalized spacial score (nSPS) is 12.5. The lowest BCUT2D eigenvalue weighted by molar-refractivity contribution is -0.0500. The van der Waals surface area contributed by atoms with Crippen LogP contribution < -0.4 is 14.6 Å². The van der Waals surface area contributed by atoms with Crippen LogP contribution in [0.1, 0.15) is 6.92 Å². The topological polar surface area (TPSA) is 119 Å². The number of halogens is 3. The van der Waals surface area contributed by atoms with E-state index in [2.05, 4.69) is 19.1 Å². The number of hydrogen-bond acceptors (Lipinski definition) is 6. The Morgan fingerprint density at radius 3 is 2.52 bits per heavy atom. The second-order valence-corrected chi connectivity index (χ2v) is 8.03. The second-order valence-electron chi connectivity index (χ2n) is 6.49. The molecular weight excluding hydrogens is 441 g/mol. The van der Waals surface area contributed by atoms with E-state index in [0.29, 0.717) is 40.0 Å². The van der Waals surface area contributed by atoms with Crippen molar-refractivity contribution in [3.05, 3.63) is 40.8 Å². The van der Waals surface area contributed by atoms with Gasteiger partial charge in [-0.2, -0.15) is 21.6 Å². The maximum absolute atomic E-state index is 12.6. The summed E-state index contributed by atoms with van der Waals surface area (Å²) in [5.41, 5.74) is -2.99. The molecule has 0 spiro atoms. The van der Waals surface area contributed by atoms with Gasteiger partial charge in [-0.25, -0.2) is 9.78 Å². The molecule has 0 radical (unpaired) electrons. The molecule has 0 saturated carbocycles. The summed E-state index contributed by atoms with van der Waals surface area (Å²) in [5.74, 6) is -0.186. The number of rotatable bonds is 5. The number of methoxy groups -OCH3 is 1. The van der Waals surface area contributed by atoms with Crippen LogP contribution in [0.5, 0.6) is 11.5 Å². The molecule has 13 heteroatoms. The van der Waals surface area contributed by atoms with Gasteiger partial charge in [-0.3, -0.25) is 4.57 Å². The van der Waals surface area contributed by atoms with Gasteiger partial charge in [0.25, 0.3) is 0 Å². The molecule has 2 heterocycles.